The van der Waals surface area contributed by atoms with Gasteiger partial charge < -0.3 is 15.1 Å². The first-order valence-corrected chi connectivity index (χ1v) is 14.3. The fourth-order valence-electron chi connectivity index (χ4n) is 6.07. The number of piperazine rings is 1. The van der Waals surface area contributed by atoms with E-state index in [2.05, 4.69) is 66.2 Å². The van der Waals surface area contributed by atoms with Gasteiger partial charge in [0, 0.05) is 69.7 Å². The number of hydrogen-bond acceptors (Lipinski definition) is 5. The Kier molecular flexibility index (Phi) is 8.46. The van der Waals surface area contributed by atoms with Gasteiger partial charge in [-0.3, -0.25) is 14.5 Å². The molecule has 7 nitrogen and oxygen atoms in total. The van der Waals surface area contributed by atoms with E-state index in [9.17, 15) is 9.59 Å². The first-order valence-electron chi connectivity index (χ1n) is 14.3. The molecule has 0 spiro atoms. The zero-order valence-corrected chi connectivity index (χ0v) is 23.5. The number of piperidine rings is 1. The molecular formula is C32H41N5O2. The molecule has 3 aromatic rings. The van der Waals surface area contributed by atoms with E-state index >= 15 is 0 Å². The van der Waals surface area contributed by atoms with Crippen LogP contribution >= 0.6 is 0 Å². The minimum atomic E-state index is -0.135. The second kappa shape index (κ2) is 12.2. The molecule has 1 N–H and O–H groups in total. The Morgan fingerprint density at radius 3 is 2.36 bits per heavy atom. The van der Waals surface area contributed by atoms with Gasteiger partial charge in [-0.1, -0.05) is 44.2 Å². The minimum Gasteiger partial charge on any atom is -0.356 e. The van der Waals surface area contributed by atoms with Crippen LogP contribution in [0.2, 0.25) is 0 Å². The molecule has 0 radical (unpaired) electrons. The van der Waals surface area contributed by atoms with Crippen LogP contribution in [0.25, 0.3) is 10.9 Å². The molecule has 1 aromatic heterocycles. The van der Waals surface area contributed by atoms with Crippen molar-refractivity contribution in [2.24, 2.45) is 11.8 Å². The summed E-state index contributed by atoms with van der Waals surface area (Å²) in [6, 6.07) is 18.5. The van der Waals surface area contributed by atoms with Crippen LogP contribution in [0.5, 0.6) is 0 Å². The van der Waals surface area contributed by atoms with Crippen molar-refractivity contribution in [3.63, 3.8) is 0 Å². The summed E-state index contributed by atoms with van der Waals surface area (Å²) < 4.78 is 0. The van der Waals surface area contributed by atoms with Crippen molar-refractivity contribution in [2.75, 3.05) is 49.5 Å². The molecule has 0 aliphatic carbocycles. The first-order chi connectivity index (χ1) is 18.8. The summed E-state index contributed by atoms with van der Waals surface area (Å²) in [6.45, 7) is 12.8. The Morgan fingerprint density at radius 1 is 0.923 bits per heavy atom. The molecule has 2 fully saturated rings. The van der Waals surface area contributed by atoms with E-state index in [0.29, 0.717) is 24.9 Å². The summed E-state index contributed by atoms with van der Waals surface area (Å²) in [5.74, 6) is 2.29. The third-order valence-corrected chi connectivity index (χ3v) is 8.02. The summed E-state index contributed by atoms with van der Waals surface area (Å²) in [5.41, 5.74) is 4.13. The molecule has 3 heterocycles. The maximum absolute atomic E-state index is 12.8. The Labute approximate surface area is 232 Å². The molecule has 2 aromatic carbocycles. The molecule has 0 saturated carbocycles. The molecular weight excluding hydrogens is 486 g/mol. The number of carbonyl (C=O) groups excluding carboxylic acids is 2. The lowest BCUT2D eigenvalue weighted by atomic mass is 9.92. The number of aromatic nitrogens is 1. The van der Waals surface area contributed by atoms with Crippen LogP contribution in [-0.2, 0) is 16.1 Å². The second-order valence-electron chi connectivity index (χ2n) is 11.6. The monoisotopic (exact) mass is 527 g/mol. The van der Waals surface area contributed by atoms with Crippen molar-refractivity contribution in [1.29, 1.82) is 0 Å². The second-order valence-corrected chi connectivity index (χ2v) is 11.6. The maximum atomic E-state index is 12.8. The van der Waals surface area contributed by atoms with Crippen LogP contribution in [0.4, 0.5) is 11.5 Å². The third kappa shape index (κ3) is 6.95. The van der Waals surface area contributed by atoms with Crippen LogP contribution in [0.3, 0.4) is 0 Å². The van der Waals surface area contributed by atoms with Crippen molar-refractivity contribution in [2.45, 2.75) is 46.6 Å². The van der Waals surface area contributed by atoms with Gasteiger partial charge in [0.05, 0.1) is 5.52 Å². The molecule has 2 amide bonds. The Hall–Kier alpha value is -3.45. The van der Waals surface area contributed by atoms with Crippen molar-refractivity contribution in [3.05, 3.63) is 65.7 Å². The van der Waals surface area contributed by atoms with Crippen molar-refractivity contribution in [1.82, 2.24) is 14.8 Å². The Bertz CT molecular complexity index is 1290. The van der Waals surface area contributed by atoms with Crippen LogP contribution in [0.15, 0.2) is 54.6 Å². The number of aryl methyl sites for hydroxylation is 1. The standard InChI is InChI=1S/C32H41N5O2/c1-23-17-24(2)21-37(20-23)30-18-25(3)28-19-27(9-10-29(28)34-30)33-31(38)11-12-32(39)36-15-13-35(14-16-36)22-26-7-5-4-6-8-26/h4-10,18-19,23-24H,11-17,20-22H2,1-3H3,(H,33,38)/t23-,24-/m1/s1. The Morgan fingerprint density at radius 2 is 1.64 bits per heavy atom. The molecule has 206 valence electrons. The quantitative estimate of drug-likeness (QED) is 0.464. The average molecular weight is 528 g/mol. The van der Waals surface area contributed by atoms with Crippen LogP contribution in [0.1, 0.15) is 44.2 Å². The van der Waals surface area contributed by atoms with Crippen molar-refractivity contribution < 1.29 is 9.59 Å². The van der Waals surface area contributed by atoms with E-state index < -0.39 is 0 Å². The fourth-order valence-corrected chi connectivity index (χ4v) is 6.07. The van der Waals surface area contributed by atoms with Gasteiger partial charge in [-0.15, -0.1) is 0 Å². The van der Waals surface area contributed by atoms with E-state index in [1.165, 1.54) is 12.0 Å². The van der Waals surface area contributed by atoms with Gasteiger partial charge in [0.1, 0.15) is 5.82 Å². The SMILES string of the molecule is Cc1cc(N2C[C@H](C)C[C@@H](C)C2)nc2ccc(NC(=O)CCC(=O)N3CCN(Cc4ccccc4)CC3)cc12. The molecule has 2 atom stereocenters. The highest BCUT2D eigenvalue weighted by Gasteiger charge is 2.24. The summed E-state index contributed by atoms with van der Waals surface area (Å²) in [7, 11) is 0. The van der Waals surface area contributed by atoms with E-state index in [-0.39, 0.29) is 24.7 Å². The molecule has 7 heteroatoms. The average Bonchev–Trinajstić information content (AvgIpc) is 2.92. The van der Waals surface area contributed by atoms with Gasteiger partial charge in [0.25, 0.3) is 0 Å². The zero-order chi connectivity index (χ0) is 27.4. The number of benzene rings is 2. The van der Waals surface area contributed by atoms with E-state index in [1.54, 1.807) is 0 Å². The molecule has 2 aliphatic heterocycles. The summed E-state index contributed by atoms with van der Waals surface area (Å²) in [6.07, 6.45) is 1.68. The molecule has 0 unspecified atom stereocenters. The van der Waals surface area contributed by atoms with Crippen LogP contribution in [0, 0.1) is 18.8 Å². The molecule has 39 heavy (non-hydrogen) atoms. The lowest BCUT2D eigenvalue weighted by molar-refractivity contribution is -0.134. The lowest BCUT2D eigenvalue weighted by Crippen LogP contribution is -2.48. The summed E-state index contributed by atoms with van der Waals surface area (Å²) >= 11 is 0. The minimum absolute atomic E-state index is 0.0527. The van der Waals surface area contributed by atoms with Crippen molar-refractivity contribution >= 4 is 34.2 Å². The maximum Gasteiger partial charge on any atom is 0.224 e. The number of fused-ring (bicyclic) bond motifs is 1. The van der Waals surface area contributed by atoms with E-state index in [1.807, 2.05) is 29.2 Å². The zero-order valence-electron chi connectivity index (χ0n) is 23.5. The van der Waals surface area contributed by atoms with E-state index in [4.69, 9.17) is 4.98 Å². The van der Waals surface area contributed by atoms with Gasteiger partial charge in [0.2, 0.25) is 11.8 Å². The number of rotatable bonds is 7. The molecule has 2 aliphatic rings. The van der Waals surface area contributed by atoms with Gasteiger partial charge in [-0.05, 0) is 60.6 Å². The summed E-state index contributed by atoms with van der Waals surface area (Å²) in [4.78, 5) is 37.1. The third-order valence-electron chi connectivity index (χ3n) is 8.02. The number of pyridine rings is 1. The Balaban J connectivity index is 1.11. The highest BCUT2D eigenvalue weighted by atomic mass is 16.2. The van der Waals surface area contributed by atoms with Crippen LogP contribution < -0.4 is 10.2 Å². The van der Waals surface area contributed by atoms with Gasteiger partial charge in [-0.2, -0.15) is 0 Å². The fraction of sp³-hybridized carbons (Fsp3) is 0.469. The predicted molar refractivity (Wildman–Crippen MR) is 158 cm³/mol. The number of carbonyl (C=O) groups is 2. The largest absolute Gasteiger partial charge is 0.356 e. The highest BCUT2D eigenvalue weighted by molar-refractivity contribution is 5.96. The summed E-state index contributed by atoms with van der Waals surface area (Å²) in [5, 5.41) is 4.03. The number of amides is 2. The van der Waals surface area contributed by atoms with E-state index in [0.717, 1.165) is 60.7 Å². The molecule has 5 rings (SSSR count). The number of hydrogen-bond donors (Lipinski definition) is 1. The lowest BCUT2D eigenvalue weighted by Gasteiger charge is -2.36. The van der Waals surface area contributed by atoms with Crippen LogP contribution in [-0.4, -0.2) is 65.9 Å². The normalized spacial score (nSPS) is 20.3. The topological polar surface area (TPSA) is 68.8 Å². The van der Waals surface area contributed by atoms with Crippen molar-refractivity contribution in [3.8, 4) is 0 Å². The number of nitrogens with zero attached hydrogens (tertiary/aromatic N) is 4. The highest BCUT2D eigenvalue weighted by Crippen LogP contribution is 2.29. The van der Waals surface area contributed by atoms with Gasteiger partial charge in [0.15, 0.2) is 0 Å². The number of anilines is 2. The molecule has 0 bridgehead atoms. The smallest absolute Gasteiger partial charge is 0.224 e. The van der Waals surface area contributed by atoms with Gasteiger partial charge in [-0.25, -0.2) is 4.98 Å². The van der Waals surface area contributed by atoms with Gasteiger partial charge >= 0.3 is 0 Å². The number of nitrogens with one attached hydrogen (secondary N) is 1. The predicted octanol–water partition coefficient (Wildman–Crippen LogP) is 5.09. The molecule has 2 saturated heterocycles. The first kappa shape index (κ1) is 27.1.